The van der Waals surface area contributed by atoms with Crippen LogP contribution < -0.4 is 4.90 Å². The molecule has 154 valence electrons. The zero-order valence-electron chi connectivity index (χ0n) is 16.8. The van der Waals surface area contributed by atoms with Gasteiger partial charge in [0.05, 0.1) is 18.9 Å². The van der Waals surface area contributed by atoms with E-state index in [1.807, 2.05) is 42.5 Å². The van der Waals surface area contributed by atoms with Gasteiger partial charge >= 0.3 is 0 Å². The summed E-state index contributed by atoms with van der Waals surface area (Å²) in [5.74, 6) is -0.823. The number of nitrogens with zero attached hydrogens (tertiary/aromatic N) is 3. The number of anilines is 1. The molecular weight excluding hydrogens is 382 g/mol. The van der Waals surface area contributed by atoms with Gasteiger partial charge in [-0.2, -0.15) is 0 Å². The fourth-order valence-corrected chi connectivity index (χ4v) is 4.02. The zero-order valence-corrected chi connectivity index (χ0v) is 16.8. The first-order valence-corrected chi connectivity index (χ1v) is 10.3. The van der Waals surface area contributed by atoms with E-state index in [4.69, 9.17) is 13.9 Å². The van der Waals surface area contributed by atoms with Crippen LogP contribution in [-0.4, -0.2) is 29.3 Å². The molecule has 1 amide bonds. The Balaban J connectivity index is 1.47. The van der Waals surface area contributed by atoms with Crippen molar-refractivity contribution in [3.05, 3.63) is 65.5 Å². The maximum Gasteiger partial charge on any atom is 0.293 e. The molecule has 0 atom stereocenters. The first-order valence-electron chi connectivity index (χ1n) is 10.3. The van der Waals surface area contributed by atoms with Crippen molar-refractivity contribution in [2.75, 3.05) is 18.1 Å². The van der Waals surface area contributed by atoms with E-state index in [-0.39, 0.29) is 12.5 Å². The van der Waals surface area contributed by atoms with Crippen molar-refractivity contribution in [2.24, 2.45) is 0 Å². The molecule has 2 aliphatic heterocycles. The quantitative estimate of drug-likeness (QED) is 0.620. The summed E-state index contributed by atoms with van der Waals surface area (Å²) < 4.78 is 17.5. The first kappa shape index (κ1) is 19.0. The van der Waals surface area contributed by atoms with Crippen LogP contribution in [0.5, 0.6) is 0 Å². The Bertz CT molecular complexity index is 1060. The van der Waals surface area contributed by atoms with Crippen LogP contribution in [0.1, 0.15) is 36.8 Å². The van der Waals surface area contributed by atoms with Gasteiger partial charge in [0.15, 0.2) is 0 Å². The van der Waals surface area contributed by atoms with Crippen LogP contribution in [0, 0.1) is 0 Å². The van der Waals surface area contributed by atoms with Crippen molar-refractivity contribution < 1.29 is 18.7 Å². The summed E-state index contributed by atoms with van der Waals surface area (Å²) >= 11 is 0. The van der Waals surface area contributed by atoms with Crippen LogP contribution in [-0.2, 0) is 33.0 Å². The molecule has 5 rings (SSSR count). The average molecular weight is 405 g/mol. The molecule has 0 bridgehead atoms. The first-order chi connectivity index (χ1) is 14.7. The molecule has 7 nitrogen and oxygen atoms in total. The maximum absolute atomic E-state index is 13.4. The number of hydrogen-bond acceptors (Lipinski definition) is 6. The third-order valence-corrected chi connectivity index (χ3v) is 5.53. The Morgan fingerprint density at radius 3 is 2.63 bits per heavy atom. The van der Waals surface area contributed by atoms with Gasteiger partial charge in [0, 0.05) is 11.1 Å². The minimum Gasteiger partial charge on any atom is -0.419 e. The van der Waals surface area contributed by atoms with E-state index in [9.17, 15) is 4.79 Å². The van der Waals surface area contributed by atoms with E-state index < -0.39 is 5.79 Å². The maximum atomic E-state index is 13.4. The highest BCUT2D eigenvalue weighted by Crippen LogP contribution is 2.46. The Morgan fingerprint density at radius 2 is 1.87 bits per heavy atom. The second-order valence-corrected chi connectivity index (χ2v) is 7.53. The zero-order chi connectivity index (χ0) is 20.6. The Morgan fingerprint density at radius 1 is 1.07 bits per heavy atom. The van der Waals surface area contributed by atoms with Crippen molar-refractivity contribution in [3.8, 4) is 11.5 Å². The van der Waals surface area contributed by atoms with Gasteiger partial charge in [-0.1, -0.05) is 37.6 Å². The molecule has 7 heteroatoms. The monoisotopic (exact) mass is 405 g/mol. The summed E-state index contributed by atoms with van der Waals surface area (Å²) in [5.41, 5.74) is 3.54. The molecule has 30 heavy (non-hydrogen) atoms. The van der Waals surface area contributed by atoms with Crippen LogP contribution in [0.15, 0.2) is 52.9 Å². The van der Waals surface area contributed by atoms with Gasteiger partial charge < -0.3 is 13.9 Å². The van der Waals surface area contributed by atoms with Crippen LogP contribution in [0.2, 0.25) is 0 Å². The third kappa shape index (κ3) is 3.11. The van der Waals surface area contributed by atoms with Gasteiger partial charge in [-0.15, -0.1) is 10.2 Å². The molecule has 0 saturated carbocycles. The number of hydrogen-bond donors (Lipinski definition) is 0. The molecular formula is C23H23N3O4. The Labute approximate surface area is 174 Å². The fraction of sp³-hybridized carbons (Fsp3) is 0.348. The largest absolute Gasteiger partial charge is 0.419 e. The van der Waals surface area contributed by atoms with E-state index in [1.165, 1.54) is 5.56 Å². The molecule has 2 aliphatic rings. The molecule has 0 unspecified atom stereocenters. The second-order valence-electron chi connectivity index (χ2n) is 7.53. The van der Waals surface area contributed by atoms with E-state index in [0.29, 0.717) is 25.0 Å². The number of benzene rings is 2. The molecule has 2 aromatic carbocycles. The summed E-state index contributed by atoms with van der Waals surface area (Å²) in [7, 11) is 0. The molecule has 3 heterocycles. The van der Waals surface area contributed by atoms with Gasteiger partial charge in [-0.25, -0.2) is 0 Å². The summed E-state index contributed by atoms with van der Waals surface area (Å²) in [5, 5.41) is 8.27. The lowest BCUT2D eigenvalue weighted by Crippen LogP contribution is -2.41. The van der Waals surface area contributed by atoms with Crippen molar-refractivity contribution in [3.63, 3.8) is 0 Å². The van der Waals surface area contributed by atoms with Crippen LogP contribution in [0.25, 0.3) is 11.5 Å². The highest BCUT2D eigenvalue weighted by Gasteiger charge is 2.56. The van der Waals surface area contributed by atoms with Crippen molar-refractivity contribution in [2.45, 2.75) is 38.5 Å². The lowest BCUT2D eigenvalue weighted by atomic mass is 10.0. The molecule has 0 radical (unpaired) electrons. The smallest absolute Gasteiger partial charge is 0.293 e. The van der Waals surface area contributed by atoms with E-state index >= 15 is 0 Å². The van der Waals surface area contributed by atoms with Crippen LogP contribution in [0.4, 0.5) is 5.69 Å². The normalized spacial score (nSPS) is 17.1. The second kappa shape index (κ2) is 7.66. The topological polar surface area (TPSA) is 77.7 Å². The summed E-state index contributed by atoms with van der Waals surface area (Å²) in [6.45, 7) is 3.10. The van der Waals surface area contributed by atoms with Crippen molar-refractivity contribution >= 4 is 11.6 Å². The van der Waals surface area contributed by atoms with E-state index in [0.717, 1.165) is 36.1 Å². The number of rotatable bonds is 6. The average Bonchev–Trinajstić information content (AvgIpc) is 3.51. The standard InChI is InChI=1S/C23H23N3O4/c1-2-3-7-16-10-11-19-18(14-16)23(28-12-13-29-23)22(27)26(19)15-20-24-25-21(30-20)17-8-5-4-6-9-17/h4-6,8-11,14H,2-3,7,12-13,15H2,1H3. The van der Waals surface area contributed by atoms with Gasteiger partial charge in [0.25, 0.3) is 11.7 Å². The highest BCUT2D eigenvalue weighted by molar-refractivity contribution is 6.06. The minimum atomic E-state index is -1.36. The number of aryl methyl sites for hydroxylation is 1. The molecule has 0 aliphatic carbocycles. The van der Waals surface area contributed by atoms with Crippen molar-refractivity contribution in [1.82, 2.24) is 10.2 Å². The van der Waals surface area contributed by atoms with Gasteiger partial charge in [-0.3, -0.25) is 9.69 Å². The number of fused-ring (bicyclic) bond motifs is 2. The van der Waals surface area contributed by atoms with Crippen molar-refractivity contribution in [1.29, 1.82) is 0 Å². The minimum absolute atomic E-state index is 0.161. The Hall–Kier alpha value is -3.03. The lowest BCUT2D eigenvalue weighted by molar-refractivity contribution is -0.180. The molecule has 1 fully saturated rings. The number of carbonyl (C=O) groups excluding carboxylic acids is 1. The Kier molecular flexibility index (Phi) is 4.84. The summed E-state index contributed by atoms with van der Waals surface area (Å²) in [6.07, 6.45) is 3.16. The number of unbranched alkanes of at least 4 members (excludes halogenated alkanes) is 1. The fourth-order valence-electron chi connectivity index (χ4n) is 4.02. The highest BCUT2D eigenvalue weighted by atomic mass is 16.7. The SMILES string of the molecule is CCCCc1ccc2c(c1)C1(OCCO1)C(=O)N2Cc1nnc(-c2ccccc2)o1. The van der Waals surface area contributed by atoms with Crippen LogP contribution in [0.3, 0.4) is 0 Å². The number of amides is 1. The summed E-state index contributed by atoms with van der Waals surface area (Å²) in [6, 6.07) is 15.6. The number of carbonyl (C=O) groups is 1. The van der Waals surface area contributed by atoms with Gasteiger partial charge in [0.2, 0.25) is 11.8 Å². The van der Waals surface area contributed by atoms with Gasteiger partial charge in [0.1, 0.15) is 6.54 Å². The van der Waals surface area contributed by atoms with Crippen LogP contribution >= 0.6 is 0 Å². The third-order valence-electron chi connectivity index (χ3n) is 5.53. The molecule has 0 N–H and O–H groups in total. The predicted octanol–water partition coefficient (Wildman–Crippen LogP) is 3.83. The molecule has 1 spiro atoms. The van der Waals surface area contributed by atoms with E-state index in [1.54, 1.807) is 4.90 Å². The van der Waals surface area contributed by atoms with Gasteiger partial charge in [-0.05, 0) is 42.7 Å². The lowest BCUT2D eigenvalue weighted by Gasteiger charge is -2.21. The summed E-state index contributed by atoms with van der Waals surface area (Å²) in [4.78, 5) is 15.0. The molecule has 3 aromatic rings. The number of ether oxygens (including phenoxy) is 2. The molecule has 1 saturated heterocycles. The van der Waals surface area contributed by atoms with E-state index in [2.05, 4.69) is 23.2 Å². The molecule has 1 aromatic heterocycles. The predicted molar refractivity (Wildman–Crippen MR) is 110 cm³/mol. The number of aromatic nitrogens is 2.